The van der Waals surface area contributed by atoms with E-state index in [0.29, 0.717) is 11.4 Å². The largest absolute Gasteiger partial charge is 0.324 e. The molecule has 2 aliphatic rings. The average Bonchev–Trinajstić information content (AvgIpc) is 3.18. The van der Waals surface area contributed by atoms with Crippen molar-refractivity contribution in [3.8, 4) is 0 Å². The second-order valence-corrected chi connectivity index (χ2v) is 7.36. The van der Waals surface area contributed by atoms with Gasteiger partial charge < -0.3 is 5.32 Å². The van der Waals surface area contributed by atoms with Gasteiger partial charge in [0.25, 0.3) is 11.8 Å². The summed E-state index contributed by atoms with van der Waals surface area (Å²) in [6.45, 7) is 5.50. The van der Waals surface area contributed by atoms with E-state index in [2.05, 4.69) is 15.7 Å². The van der Waals surface area contributed by atoms with E-state index in [-0.39, 0.29) is 12.5 Å². The minimum atomic E-state index is -0.923. The van der Waals surface area contributed by atoms with Crippen molar-refractivity contribution in [2.75, 3.05) is 16.8 Å². The molecule has 1 saturated heterocycles. The summed E-state index contributed by atoms with van der Waals surface area (Å²) in [5.41, 5.74) is 3.97. The number of carbonyl (C=O) groups is 3. The molecule has 148 valence electrons. The van der Waals surface area contributed by atoms with Crippen molar-refractivity contribution in [2.24, 2.45) is 10.3 Å². The SMILES string of the molecule is Cc1ccc(NC(=O)CN2N=N[C@H]3C(=O)N(c4c(C)cccc4C)C(=O)[C@H]32)cc1. The number of hydrogen-bond acceptors (Lipinski definition) is 6. The maximum Gasteiger partial charge on any atom is 0.263 e. The monoisotopic (exact) mass is 391 g/mol. The first kappa shape index (κ1) is 18.8. The van der Waals surface area contributed by atoms with Crippen molar-refractivity contribution in [3.63, 3.8) is 0 Å². The fraction of sp³-hybridized carbons (Fsp3) is 0.286. The van der Waals surface area contributed by atoms with E-state index in [1.807, 2.05) is 51.1 Å². The third-order valence-electron chi connectivity index (χ3n) is 5.16. The average molecular weight is 391 g/mol. The van der Waals surface area contributed by atoms with Crippen molar-refractivity contribution >= 4 is 29.1 Å². The summed E-state index contributed by atoms with van der Waals surface area (Å²) in [6, 6.07) is 11.1. The highest BCUT2D eigenvalue weighted by molar-refractivity contribution is 6.26. The number of anilines is 2. The van der Waals surface area contributed by atoms with Gasteiger partial charge in [-0.3, -0.25) is 19.4 Å². The second-order valence-electron chi connectivity index (χ2n) is 7.36. The Morgan fingerprint density at radius 1 is 1.00 bits per heavy atom. The summed E-state index contributed by atoms with van der Waals surface area (Å²) >= 11 is 0. The fourth-order valence-electron chi connectivity index (χ4n) is 3.72. The van der Waals surface area contributed by atoms with Crippen LogP contribution in [-0.4, -0.2) is 41.4 Å². The number of imide groups is 1. The van der Waals surface area contributed by atoms with Gasteiger partial charge in [-0.1, -0.05) is 41.1 Å². The molecular weight excluding hydrogens is 370 g/mol. The van der Waals surface area contributed by atoms with Gasteiger partial charge in [-0.05, 0) is 44.0 Å². The summed E-state index contributed by atoms with van der Waals surface area (Å²) in [6.07, 6.45) is 0. The van der Waals surface area contributed by atoms with Crippen molar-refractivity contribution in [2.45, 2.75) is 32.9 Å². The van der Waals surface area contributed by atoms with E-state index >= 15 is 0 Å². The predicted molar refractivity (Wildman–Crippen MR) is 107 cm³/mol. The minimum absolute atomic E-state index is 0.168. The van der Waals surface area contributed by atoms with Crippen LogP contribution in [0.3, 0.4) is 0 Å². The molecule has 0 unspecified atom stereocenters. The molecule has 2 heterocycles. The van der Waals surface area contributed by atoms with Crippen molar-refractivity contribution in [3.05, 3.63) is 59.2 Å². The third-order valence-corrected chi connectivity index (χ3v) is 5.16. The van der Waals surface area contributed by atoms with Crippen LogP contribution in [-0.2, 0) is 14.4 Å². The summed E-state index contributed by atoms with van der Waals surface area (Å²) < 4.78 is 0. The number of hydrogen-bond donors (Lipinski definition) is 1. The molecule has 29 heavy (non-hydrogen) atoms. The van der Waals surface area contributed by atoms with Gasteiger partial charge in [-0.15, -0.1) is 0 Å². The maximum atomic E-state index is 13.1. The number of para-hydroxylation sites is 1. The third kappa shape index (κ3) is 3.26. The van der Waals surface area contributed by atoms with E-state index in [0.717, 1.165) is 16.7 Å². The lowest BCUT2D eigenvalue weighted by Crippen LogP contribution is -2.43. The molecule has 4 rings (SSSR count). The highest BCUT2D eigenvalue weighted by Gasteiger charge is 2.55. The molecule has 3 amide bonds. The van der Waals surface area contributed by atoms with Gasteiger partial charge in [0, 0.05) is 5.69 Å². The van der Waals surface area contributed by atoms with Crippen molar-refractivity contribution < 1.29 is 14.4 Å². The molecule has 0 aliphatic carbocycles. The Hall–Kier alpha value is -3.55. The Kier molecular flexibility index (Phi) is 4.62. The van der Waals surface area contributed by atoms with E-state index in [1.165, 1.54) is 9.91 Å². The van der Waals surface area contributed by atoms with Gasteiger partial charge in [-0.25, -0.2) is 4.90 Å². The number of nitrogens with zero attached hydrogens (tertiary/aromatic N) is 4. The highest BCUT2D eigenvalue weighted by atomic mass is 16.2. The van der Waals surface area contributed by atoms with Crippen LogP contribution in [0, 0.1) is 20.8 Å². The zero-order chi connectivity index (χ0) is 20.7. The van der Waals surface area contributed by atoms with Crippen LogP contribution in [0.1, 0.15) is 16.7 Å². The van der Waals surface area contributed by atoms with Crippen LogP contribution in [0.25, 0.3) is 0 Å². The van der Waals surface area contributed by atoms with Gasteiger partial charge in [0.15, 0.2) is 12.1 Å². The van der Waals surface area contributed by atoms with Crippen LogP contribution < -0.4 is 10.2 Å². The van der Waals surface area contributed by atoms with Gasteiger partial charge in [0.05, 0.1) is 5.69 Å². The van der Waals surface area contributed by atoms with Gasteiger partial charge in [0.1, 0.15) is 6.54 Å². The van der Waals surface area contributed by atoms with Crippen LogP contribution in [0.2, 0.25) is 0 Å². The van der Waals surface area contributed by atoms with E-state index < -0.39 is 23.9 Å². The molecule has 2 aromatic carbocycles. The summed E-state index contributed by atoms with van der Waals surface area (Å²) in [4.78, 5) is 39.6. The van der Waals surface area contributed by atoms with Crippen LogP contribution in [0.4, 0.5) is 11.4 Å². The molecule has 1 N–H and O–H groups in total. The second kappa shape index (κ2) is 7.12. The van der Waals surface area contributed by atoms with Gasteiger partial charge >= 0.3 is 0 Å². The zero-order valence-electron chi connectivity index (χ0n) is 16.4. The molecule has 0 radical (unpaired) electrons. The lowest BCUT2D eigenvalue weighted by Gasteiger charge is -2.22. The van der Waals surface area contributed by atoms with E-state index in [4.69, 9.17) is 0 Å². The number of carbonyl (C=O) groups excluding carboxylic acids is 3. The molecule has 0 bridgehead atoms. The Bertz CT molecular complexity index is 1010. The summed E-state index contributed by atoms with van der Waals surface area (Å²) in [5.74, 6) is -1.16. The maximum absolute atomic E-state index is 13.1. The molecule has 8 nitrogen and oxygen atoms in total. The normalized spacial score (nSPS) is 20.4. The Morgan fingerprint density at radius 3 is 2.31 bits per heavy atom. The van der Waals surface area contributed by atoms with E-state index in [9.17, 15) is 14.4 Å². The standard InChI is InChI=1S/C21H21N5O3/c1-12-7-9-15(10-8-12)22-16(27)11-25-19-17(23-24-25)20(28)26(21(19)29)18-13(2)5-4-6-14(18)3/h4-10,17,19H,11H2,1-3H3,(H,22,27)/t17-,19+/m1/s1. The van der Waals surface area contributed by atoms with Crippen LogP contribution >= 0.6 is 0 Å². The fourth-order valence-corrected chi connectivity index (χ4v) is 3.72. The molecule has 0 saturated carbocycles. The van der Waals surface area contributed by atoms with Gasteiger partial charge in [0.2, 0.25) is 5.91 Å². The number of amides is 3. The smallest absolute Gasteiger partial charge is 0.263 e. The number of aryl methyl sites for hydroxylation is 3. The number of rotatable bonds is 4. The van der Waals surface area contributed by atoms with E-state index in [1.54, 1.807) is 12.1 Å². The van der Waals surface area contributed by atoms with Crippen LogP contribution in [0.15, 0.2) is 52.8 Å². The lowest BCUT2D eigenvalue weighted by atomic mass is 10.1. The molecular formula is C21H21N5O3. The molecule has 2 aliphatic heterocycles. The molecule has 2 aromatic rings. The number of fused-ring (bicyclic) bond motifs is 1. The summed E-state index contributed by atoms with van der Waals surface area (Å²) in [7, 11) is 0. The predicted octanol–water partition coefficient (Wildman–Crippen LogP) is 2.54. The molecule has 0 spiro atoms. The van der Waals surface area contributed by atoms with Crippen molar-refractivity contribution in [1.82, 2.24) is 5.01 Å². The highest BCUT2D eigenvalue weighted by Crippen LogP contribution is 2.35. The Balaban J connectivity index is 1.52. The Morgan fingerprint density at radius 2 is 1.66 bits per heavy atom. The molecule has 0 aromatic heterocycles. The van der Waals surface area contributed by atoms with Gasteiger partial charge in [-0.2, -0.15) is 5.11 Å². The number of nitrogens with one attached hydrogen (secondary N) is 1. The summed E-state index contributed by atoms with van der Waals surface area (Å²) in [5, 5.41) is 12.0. The first-order valence-electron chi connectivity index (χ1n) is 9.35. The first-order chi connectivity index (χ1) is 13.9. The topological polar surface area (TPSA) is 94.4 Å². The van der Waals surface area contributed by atoms with Crippen molar-refractivity contribution in [1.29, 1.82) is 0 Å². The quantitative estimate of drug-likeness (QED) is 0.811. The molecule has 8 heteroatoms. The lowest BCUT2D eigenvalue weighted by molar-refractivity contribution is -0.123. The number of benzene rings is 2. The Labute approximate surface area is 168 Å². The first-order valence-corrected chi connectivity index (χ1v) is 9.35. The molecule has 1 fully saturated rings. The van der Waals surface area contributed by atoms with Crippen LogP contribution in [0.5, 0.6) is 0 Å². The molecule has 2 atom stereocenters. The minimum Gasteiger partial charge on any atom is -0.324 e. The zero-order valence-corrected chi connectivity index (χ0v) is 16.4.